The van der Waals surface area contributed by atoms with E-state index in [1.807, 2.05) is 0 Å². The van der Waals surface area contributed by atoms with Crippen LogP contribution in [0.3, 0.4) is 0 Å². The summed E-state index contributed by atoms with van der Waals surface area (Å²) in [6, 6.07) is 1.60. The Morgan fingerprint density at radius 1 is 1.44 bits per heavy atom. The van der Waals surface area contributed by atoms with Crippen molar-refractivity contribution >= 4 is 50.2 Å². The smallest absolute Gasteiger partial charge is 0.292 e. The Kier molecular flexibility index (Phi) is 3.03. The summed E-state index contributed by atoms with van der Waals surface area (Å²) in [5, 5.41) is 0.954. The highest BCUT2D eigenvalue weighted by molar-refractivity contribution is 9.10. The molecule has 1 aliphatic heterocycles. The molecule has 7 heteroatoms. The largest absolute Gasteiger partial charge is 0.328 e. The zero-order valence-electron chi connectivity index (χ0n) is 9.13. The molecule has 3 rings (SSSR count). The van der Waals surface area contributed by atoms with Gasteiger partial charge in [0.15, 0.2) is 0 Å². The topological polar surface area (TPSA) is 54.9 Å². The number of aryl methyl sites for hydroxylation is 1. The fourth-order valence-corrected chi connectivity index (χ4v) is 4.09. The lowest BCUT2D eigenvalue weighted by Crippen LogP contribution is -2.30. The van der Waals surface area contributed by atoms with Gasteiger partial charge in [-0.1, -0.05) is 11.6 Å². The van der Waals surface area contributed by atoms with Crippen LogP contribution in [0, 0.1) is 0 Å². The quantitative estimate of drug-likeness (QED) is 0.797. The van der Waals surface area contributed by atoms with Gasteiger partial charge in [0, 0.05) is 11.4 Å². The molecule has 1 aromatic heterocycles. The van der Waals surface area contributed by atoms with Crippen LogP contribution in [0.5, 0.6) is 0 Å². The number of halogens is 2. The van der Waals surface area contributed by atoms with Gasteiger partial charge >= 0.3 is 5.69 Å². The van der Waals surface area contributed by atoms with Crippen LogP contribution in [0.1, 0.15) is 6.42 Å². The molecule has 1 N–H and O–H groups in total. The number of aromatic nitrogens is 2. The first kappa shape index (κ1) is 12.3. The van der Waals surface area contributed by atoms with E-state index in [0.29, 0.717) is 22.5 Å². The van der Waals surface area contributed by atoms with E-state index < -0.39 is 0 Å². The lowest BCUT2D eigenvalue weighted by Gasteiger charge is -2.11. The highest BCUT2D eigenvalue weighted by atomic mass is 79.9. The summed E-state index contributed by atoms with van der Waals surface area (Å²) in [6.45, 7) is 0.611. The van der Waals surface area contributed by atoms with Gasteiger partial charge in [0.2, 0.25) is 0 Å². The van der Waals surface area contributed by atoms with Crippen molar-refractivity contribution in [3.8, 4) is 0 Å². The molecule has 0 unspecified atom stereocenters. The maximum absolute atomic E-state index is 11.9. The lowest BCUT2D eigenvalue weighted by atomic mass is 10.2. The molecule has 2 heterocycles. The third kappa shape index (κ3) is 1.74. The van der Waals surface area contributed by atoms with Crippen LogP contribution >= 0.6 is 39.3 Å². The second-order valence-electron chi connectivity index (χ2n) is 4.01. The summed E-state index contributed by atoms with van der Waals surface area (Å²) in [5.74, 6) is 0.892. The Hall–Kier alpha value is -0.720. The average molecular weight is 348 g/mol. The van der Waals surface area contributed by atoms with Gasteiger partial charge < -0.3 is 0 Å². The molecular weight excluding hydrogens is 340 g/mol. The van der Waals surface area contributed by atoms with Crippen LogP contribution in [0.4, 0.5) is 0 Å². The fourth-order valence-electron chi connectivity index (χ4n) is 2.11. The van der Waals surface area contributed by atoms with Crippen LogP contribution in [0.25, 0.3) is 10.9 Å². The van der Waals surface area contributed by atoms with Crippen molar-refractivity contribution in [3.05, 3.63) is 36.4 Å². The van der Waals surface area contributed by atoms with Crippen LogP contribution in [0.15, 0.2) is 25.0 Å². The van der Waals surface area contributed by atoms with Crippen LogP contribution in [-0.2, 0) is 6.54 Å². The number of hydrogen-bond acceptors (Lipinski definition) is 3. The Morgan fingerprint density at radius 3 is 3.00 bits per heavy atom. The second-order valence-corrected chi connectivity index (χ2v) is 6.32. The molecule has 94 valence electrons. The standard InChI is InChI=1S/C11H8BrClN2O2S/c12-7-6(13)4-5-8-9(7)18-3-1-2-15(8)11(17)14-10(5)16/h4H,1-3H2,(H,14,16,17). The van der Waals surface area contributed by atoms with Crippen molar-refractivity contribution in [2.24, 2.45) is 0 Å². The Balaban J connectivity index is 2.62. The van der Waals surface area contributed by atoms with Crippen molar-refractivity contribution in [1.29, 1.82) is 0 Å². The van der Waals surface area contributed by atoms with E-state index in [-0.39, 0.29) is 11.2 Å². The van der Waals surface area contributed by atoms with Gasteiger partial charge in [-0.25, -0.2) is 4.79 Å². The van der Waals surface area contributed by atoms with Gasteiger partial charge in [-0.05, 0) is 34.2 Å². The van der Waals surface area contributed by atoms with Crippen molar-refractivity contribution < 1.29 is 0 Å². The summed E-state index contributed by atoms with van der Waals surface area (Å²) in [4.78, 5) is 26.9. The molecule has 0 amide bonds. The van der Waals surface area contributed by atoms with Crippen LogP contribution < -0.4 is 11.2 Å². The molecule has 0 atom stereocenters. The van der Waals surface area contributed by atoms with E-state index in [9.17, 15) is 9.59 Å². The number of aromatic amines is 1. The molecule has 1 aliphatic rings. The fraction of sp³-hybridized carbons (Fsp3) is 0.273. The number of rotatable bonds is 0. The highest BCUT2D eigenvalue weighted by Gasteiger charge is 2.19. The predicted molar refractivity (Wildman–Crippen MR) is 76.9 cm³/mol. The summed E-state index contributed by atoms with van der Waals surface area (Å²) >= 11 is 11.2. The van der Waals surface area contributed by atoms with Gasteiger partial charge in [0.1, 0.15) is 0 Å². The molecule has 2 aromatic rings. The molecule has 18 heavy (non-hydrogen) atoms. The van der Waals surface area contributed by atoms with E-state index in [1.165, 1.54) is 0 Å². The van der Waals surface area contributed by atoms with E-state index in [4.69, 9.17) is 11.6 Å². The van der Waals surface area contributed by atoms with E-state index in [2.05, 4.69) is 20.9 Å². The van der Waals surface area contributed by atoms with Crippen LogP contribution in [-0.4, -0.2) is 15.3 Å². The highest BCUT2D eigenvalue weighted by Crippen LogP contribution is 2.39. The number of nitrogens with one attached hydrogen (secondary N) is 1. The SMILES string of the molecule is O=c1[nH]c(=O)n2c3c(c(Br)c(Cl)cc13)SCCC2. The maximum atomic E-state index is 11.9. The van der Waals surface area contributed by atoms with Gasteiger partial charge in [0.25, 0.3) is 5.56 Å². The van der Waals surface area contributed by atoms with E-state index in [0.717, 1.165) is 21.5 Å². The number of thioether (sulfide) groups is 1. The number of hydrogen-bond donors (Lipinski definition) is 1. The molecule has 0 fully saturated rings. The van der Waals surface area contributed by atoms with E-state index in [1.54, 1.807) is 22.4 Å². The average Bonchev–Trinajstić information content (AvgIpc) is 2.55. The molecule has 0 saturated carbocycles. The first-order valence-electron chi connectivity index (χ1n) is 5.37. The predicted octanol–water partition coefficient (Wildman–Crippen LogP) is 2.60. The van der Waals surface area contributed by atoms with E-state index >= 15 is 0 Å². The molecular formula is C11H8BrClN2O2S. The third-order valence-electron chi connectivity index (χ3n) is 2.90. The lowest BCUT2D eigenvalue weighted by molar-refractivity contribution is 0.663. The minimum absolute atomic E-state index is 0.356. The minimum atomic E-state index is -0.385. The number of nitrogens with zero attached hydrogens (tertiary/aromatic N) is 1. The second kappa shape index (κ2) is 4.43. The first-order valence-corrected chi connectivity index (χ1v) is 7.53. The molecule has 0 aliphatic carbocycles. The summed E-state index contributed by atoms with van der Waals surface area (Å²) in [5.41, 5.74) is -0.0580. The summed E-state index contributed by atoms with van der Waals surface area (Å²) in [6.07, 6.45) is 0.879. The van der Waals surface area contributed by atoms with Gasteiger partial charge in [-0.2, -0.15) is 0 Å². The third-order valence-corrected chi connectivity index (χ3v) is 5.69. The Labute approximate surface area is 119 Å². The maximum Gasteiger partial charge on any atom is 0.328 e. The first-order chi connectivity index (χ1) is 8.59. The van der Waals surface area contributed by atoms with Crippen molar-refractivity contribution in [3.63, 3.8) is 0 Å². The molecule has 0 radical (unpaired) electrons. The monoisotopic (exact) mass is 346 g/mol. The minimum Gasteiger partial charge on any atom is -0.292 e. The van der Waals surface area contributed by atoms with Gasteiger partial charge in [0.05, 0.1) is 20.4 Å². The molecule has 1 aromatic carbocycles. The van der Waals surface area contributed by atoms with Crippen molar-refractivity contribution in [2.45, 2.75) is 17.9 Å². The summed E-state index contributed by atoms with van der Waals surface area (Å²) in [7, 11) is 0. The molecule has 0 bridgehead atoms. The number of H-pyrrole nitrogens is 1. The Bertz CT molecular complexity index is 768. The van der Waals surface area contributed by atoms with Crippen molar-refractivity contribution in [2.75, 3.05) is 5.75 Å². The zero-order chi connectivity index (χ0) is 12.9. The molecule has 4 nitrogen and oxygen atoms in total. The van der Waals surface area contributed by atoms with Gasteiger partial charge in [-0.3, -0.25) is 14.3 Å². The van der Waals surface area contributed by atoms with Crippen LogP contribution in [0.2, 0.25) is 5.02 Å². The molecule has 0 spiro atoms. The van der Waals surface area contributed by atoms with Gasteiger partial charge in [-0.15, -0.1) is 11.8 Å². The Morgan fingerprint density at radius 2 is 2.22 bits per heavy atom. The summed E-state index contributed by atoms with van der Waals surface area (Å²) < 4.78 is 2.37. The van der Waals surface area contributed by atoms with Crippen molar-refractivity contribution in [1.82, 2.24) is 9.55 Å². The number of benzene rings is 1. The molecule has 0 saturated heterocycles. The zero-order valence-corrected chi connectivity index (χ0v) is 12.3. The normalized spacial score (nSPS) is 14.8.